The zero-order valence-electron chi connectivity index (χ0n) is 8.31. The number of sulfonamides is 1. The Morgan fingerprint density at radius 2 is 1.82 bits per heavy atom. The van der Waals surface area contributed by atoms with Crippen LogP contribution in [0, 0.1) is 0 Å². The lowest BCUT2D eigenvalue weighted by Gasteiger charge is -2.07. The number of nitrogens with one attached hydrogen (secondary N) is 2. The highest BCUT2D eigenvalue weighted by atomic mass is 35.5. The van der Waals surface area contributed by atoms with Gasteiger partial charge >= 0.3 is 12.1 Å². The van der Waals surface area contributed by atoms with Crippen molar-refractivity contribution in [1.82, 2.24) is 10.0 Å². The zero-order valence-corrected chi connectivity index (χ0v) is 9.88. The van der Waals surface area contributed by atoms with E-state index in [1.54, 1.807) is 10.0 Å². The summed E-state index contributed by atoms with van der Waals surface area (Å²) in [6, 6.07) is 3.11. The van der Waals surface area contributed by atoms with Gasteiger partial charge in [-0.05, 0) is 12.1 Å². The fraction of sp³-hybridized carbons (Fsp3) is 0. The normalized spacial score (nSPS) is 10.6. The van der Waals surface area contributed by atoms with Crippen LogP contribution >= 0.6 is 11.6 Å². The lowest BCUT2D eigenvalue weighted by molar-refractivity contribution is 0.235. The highest BCUT2D eigenvalue weighted by Crippen LogP contribution is 2.19. The second-order valence-corrected chi connectivity index (χ2v) is 4.91. The number of primary amides is 1. The Kier molecular flexibility index (Phi) is 3.92. The molecule has 0 spiro atoms. The predicted octanol–water partition coefficient (Wildman–Crippen LogP) is 0.407. The van der Waals surface area contributed by atoms with Crippen LogP contribution in [-0.2, 0) is 10.0 Å². The number of carbonyl (C=O) groups is 2. The molecule has 0 heterocycles. The molecule has 9 heteroatoms. The van der Waals surface area contributed by atoms with Gasteiger partial charge in [0.25, 0.3) is 10.0 Å². The maximum absolute atomic E-state index is 11.6. The predicted molar refractivity (Wildman–Crippen MR) is 59.9 cm³/mol. The SMILES string of the molecule is NC(=O)NC(=O)NS(=O)(=O)c1ccccc1Cl. The van der Waals surface area contributed by atoms with Gasteiger partial charge in [0.15, 0.2) is 0 Å². The van der Waals surface area contributed by atoms with E-state index >= 15 is 0 Å². The maximum atomic E-state index is 11.6. The van der Waals surface area contributed by atoms with Gasteiger partial charge in [-0.1, -0.05) is 23.7 Å². The molecule has 0 aromatic heterocycles. The summed E-state index contributed by atoms with van der Waals surface area (Å²) < 4.78 is 24.9. The number of rotatable bonds is 2. The third kappa shape index (κ3) is 3.61. The summed E-state index contributed by atoms with van der Waals surface area (Å²) >= 11 is 5.66. The quantitative estimate of drug-likeness (QED) is 0.725. The molecule has 0 radical (unpaired) electrons. The summed E-state index contributed by atoms with van der Waals surface area (Å²) in [6.07, 6.45) is 0. The van der Waals surface area contributed by atoms with Gasteiger partial charge in [0.05, 0.1) is 5.02 Å². The molecule has 0 aliphatic heterocycles. The van der Waals surface area contributed by atoms with Crippen LogP contribution in [-0.4, -0.2) is 20.5 Å². The molecule has 1 rings (SSSR count). The molecule has 7 nitrogen and oxygen atoms in total. The van der Waals surface area contributed by atoms with Crippen molar-refractivity contribution >= 4 is 33.7 Å². The molecule has 1 aromatic rings. The van der Waals surface area contributed by atoms with Gasteiger partial charge in [0, 0.05) is 0 Å². The van der Waals surface area contributed by atoms with Crippen LogP contribution in [0.3, 0.4) is 0 Å². The maximum Gasteiger partial charge on any atom is 0.336 e. The lowest BCUT2D eigenvalue weighted by Crippen LogP contribution is -2.44. The number of imide groups is 1. The molecule has 0 aliphatic carbocycles. The molecular formula is C8H8ClN3O4S. The first kappa shape index (κ1) is 13.3. The van der Waals surface area contributed by atoms with Crippen molar-refractivity contribution in [3.05, 3.63) is 29.3 Å². The number of benzene rings is 1. The molecule has 17 heavy (non-hydrogen) atoms. The number of halogens is 1. The second kappa shape index (κ2) is 5.02. The lowest BCUT2D eigenvalue weighted by atomic mass is 10.4. The first-order chi connectivity index (χ1) is 7.83. The van der Waals surface area contributed by atoms with Crippen molar-refractivity contribution in [2.24, 2.45) is 5.73 Å². The van der Waals surface area contributed by atoms with Gasteiger partial charge in [-0.25, -0.2) is 22.7 Å². The highest BCUT2D eigenvalue weighted by molar-refractivity contribution is 7.90. The fourth-order valence-corrected chi connectivity index (χ4v) is 2.41. The number of hydrogen-bond acceptors (Lipinski definition) is 4. The molecule has 0 saturated heterocycles. The largest absolute Gasteiger partial charge is 0.351 e. The number of amides is 4. The third-order valence-electron chi connectivity index (χ3n) is 1.59. The van der Waals surface area contributed by atoms with Crippen LogP contribution in [0.25, 0.3) is 0 Å². The van der Waals surface area contributed by atoms with Crippen LogP contribution in [0.5, 0.6) is 0 Å². The van der Waals surface area contributed by atoms with E-state index in [-0.39, 0.29) is 9.92 Å². The molecule has 4 amide bonds. The van der Waals surface area contributed by atoms with Gasteiger partial charge in [-0.3, -0.25) is 5.32 Å². The Morgan fingerprint density at radius 1 is 1.24 bits per heavy atom. The molecule has 0 atom stereocenters. The van der Waals surface area contributed by atoms with Crippen LogP contribution < -0.4 is 15.8 Å². The zero-order chi connectivity index (χ0) is 13.1. The Balaban J connectivity index is 2.94. The van der Waals surface area contributed by atoms with Gasteiger partial charge in [-0.15, -0.1) is 0 Å². The van der Waals surface area contributed by atoms with Crippen molar-refractivity contribution in [2.75, 3.05) is 0 Å². The Morgan fingerprint density at radius 3 is 2.35 bits per heavy atom. The average molecular weight is 278 g/mol. The van der Waals surface area contributed by atoms with Crippen molar-refractivity contribution < 1.29 is 18.0 Å². The average Bonchev–Trinajstić information content (AvgIpc) is 2.15. The van der Waals surface area contributed by atoms with Gasteiger partial charge in [-0.2, -0.15) is 0 Å². The first-order valence-electron chi connectivity index (χ1n) is 4.20. The van der Waals surface area contributed by atoms with E-state index in [4.69, 9.17) is 11.6 Å². The van der Waals surface area contributed by atoms with Crippen LogP contribution in [0.2, 0.25) is 5.02 Å². The van der Waals surface area contributed by atoms with E-state index in [1.165, 1.54) is 24.3 Å². The topological polar surface area (TPSA) is 118 Å². The van der Waals surface area contributed by atoms with Crippen LogP contribution in [0.4, 0.5) is 9.59 Å². The van der Waals surface area contributed by atoms with Gasteiger partial charge in [0.1, 0.15) is 4.90 Å². The van der Waals surface area contributed by atoms with Crippen molar-refractivity contribution in [3.63, 3.8) is 0 Å². The highest BCUT2D eigenvalue weighted by Gasteiger charge is 2.20. The van der Waals surface area contributed by atoms with Crippen molar-refractivity contribution in [2.45, 2.75) is 4.90 Å². The molecule has 0 bridgehead atoms. The Hall–Kier alpha value is -1.80. The first-order valence-corrected chi connectivity index (χ1v) is 6.07. The number of urea groups is 2. The van der Waals surface area contributed by atoms with Crippen molar-refractivity contribution in [1.29, 1.82) is 0 Å². The molecule has 0 saturated carbocycles. The van der Waals surface area contributed by atoms with E-state index in [0.29, 0.717) is 0 Å². The minimum atomic E-state index is -4.14. The van der Waals surface area contributed by atoms with E-state index in [2.05, 4.69) is 5.73 Å². The van der Waals surface area contributed by atoms with Gasteiger partial charge in [0.2, 0.25) is 0 Å². The van der Waals surface area contributed by atoms with E-state index in [1.807, 2.05) is 0 Å². The van der Waals surface area contributed by atoms with Crippen LogP contribution in [0.15, 0.2) is 29.2 Å². The van der Waals surface area contributed by atoms with E-state index < -0.39 is 22.1 Å². The summed E-state index contributed by atoms with van der Waals surface area (Å²) in [5.41, 5.74) is 4.65. The monoisotopic (exact) mass is 277 g/mol. The number of carbonyl (C=O) groups excluding carboxylic acids is 2. The van der Waals surface area contributed by atoms with Crippen LogP contribution in [0.1, 0.15) is 0 Å². The summed E-state index contributed by atoms with van der Waals surface area (Å²) in [7, 11) is -4.14. The minimum Gasteiger partial charge on any atom is -0.351 e. The summed E-state index contributed by atoms with van der Waals surface area (Å²) in [4.78, 5) is 21.1. The number of hydrogen-bond donors (Lipinski definition) is 3. The standard InChI is InChI=1S/C8H8ClN3O4S/c9-5-3-1-2-4-6(5)17(15,16)12-8(14)11-7(10)13/h1-4H,(H4,10,11,12,13,14). The Labute approximate surface area is 102 Å². The molecule has 0 fully saturated rings. The molecule has 0 aliphatic rings. The molecular weight excluding hydrogens is 270 g/mol. The van der Waals surface area contributed by atoms with Crippen molar-refractivity contribution in [3.8, 4) is 0 Å². The van der Waals surface area contributed by atoms with E-state index in [0.717, 1.165) is 0 Å². The Bertz CT molecular complexity index is 558. The summed E-state index contributed by atoms with van der Waals surface area (Å²) in [6.45, 7) is 0. The molecule has 92 valence electrons. The fourth-order valence-electron chi connectivity index (χ4n) is 0.977. The molecule has 1 aromatic carbocycles. The second-order valence-electron chi connectivity index (χ2n) is 2.85. The smallest absolute Gasteiger partial charge is 0.336 e. The third-order valence-corrected chi connectivity index (χ3v) is 3.42. The summed E-state index contributed by atoms with van der Waals surface area (Å²) in [5, 5.41) is 1.51. The summed E-state index contributed by atoms with van der Waals surface area (Å²) in [5.74, 6) is 0. The van der Waals surface area contributed by atoms with Gasteiger partial charge < -0.3 is 5.73 Å². The molecule has 0 unspecified atom stereocenters. The van der Waals surface area contributed by atoms with E-state index in [9.17, 15) is 18.0 Å². The number of nitrogens with two attached hydrogens (primary N) is 1. The molecule has 4 N–H and O–H groups in total. The minimum absolute atomic E-state index is 0.0492.